The van der Waals surface area contributed by atoms with Crippen LogP contribution in [0.1, 0.15) is 114 Å². The molecule has 4 N–H and O–H groups in total. The number of carbonyl (C=O) groups excluding carboxylic acids is 5. The highest BCUT2D eigenvalue weighted by atomic mass is 32.2. The van der Waals surface area contributed by atoms with Crippen LogP contribution < -0.4 is 21.3 Å². The van der Waals surface area contributed by atoms with Crippen LogP contribution in [0.3, 0.4) is 0 Å². The summed E-state index contributed by atoms with van der Waals surface area (Å²) in [4.78, 5) is 69.4. The smallest absolute Gasteiger partial charge is 0.315 e. The molecule has 2 unspecified atom stereocenters. The third-order valence-corrected chi connectivity index (χ3v) is 13.1. The van der Waals surface area contributed by atoms with Crippen molar-refractivity contribution in [1.29, 1.82) is 0 Å². The lowest BCUT2D eigenvalue weighted by atomic mass is 9.71. The number of rotatable bonds is 13. The number of sulfone groups is 1. The third-order valence-electron chi connectivity index (χ3n) is 10.3. The summed E-state index contributed by atoms with van der Waals surface area (Å²) in [6.07, 6.45) is 10.7. The third kappa shape index (κ3) is 11.0. The molecular weight excluding hydrogens is 659 g/mol. The Hall–Kier alpha value is -3.40. The lowest BCUT2D eigenvalue weighted by Crippen LogP contribution is -2.66. The summed E-state index contributed by atoms with van der Waals surface area (Å²) in [5.74, 6) is -0.617. The largest absolute Gasteiger partial charge is 0.346 e. The van der Waals surface area contributed by atoms with Crippen LogP contribution in [0, 0.1) is 29.1 Å². The summed E-state index contributed by atoms with van der Waals surface area (Å²) in [5, 5.41) is 11.0. The molecule has 0 bridgehead atoms. The maximum Gasteiger partial charge on any atom is 0.315 e. The number of Topliss-reactive ketones (excluding diaryl/α,β-unsaturated/α-hetero) is 1. The van der Waals surface area contributed by atoms with Crippen LogP contribution in [-0.2, 0) is 29.0 Å². The fourth-order valence-electron chi connectivity index (χ4n) is 6.47. The van der Waals surface area contributed by atoms with E-state index >= 15 is 0 Å². The Bertz CT molecular complexity index is 1430. The lowest BCUT2D eigenvalue weighted by molar-refractivity contribution is -0.151. The first kappa shape index (κ1) is 42.8. The minimum absolute atomic E-state index is 0.0263. The number of amides is 5. The molecule has 2 aliphatic rings. The first-order valence-corrected chi connectivity index (χ1v) is 19.3. The van der Waals surface area contributed by atoms with Crippen LogP contribution in [0.15, 0.2) is 12.7 Å². The van der Waals surface area contributed by atoms with Crippen molar-refractivity contribution in [1.82, 2.24) is 26.2 Å². The number of ketones is 1. The van der Waals surface area contributed by atoms with E-state index < -0.39 is 73.2 Å². The maximum atomic E-state index is 14.5. The standard InChI is InChI=1S/C37H61N5O7S/c1-12-14-18-26(28(43)31(45)38-21-13-2)39-30(44)27-22-36(10,11)25(3)23-42(27)32(46)29(34(4,5)6)40-33(47)41-37(19-16-15-17-20-37)24-50(48,49)35(7,8)9/h1,13,25-27,29H,2,14-24H2,3-11H3,(H,38,45)(H,39,44)(H2,40,41,47)/t25?,26?,27-,29+/m0/s1. The number of hydrogen-bond donors (Lipinski definition) is 4. The molecule has 50 heavy (non-hydrogen) atoms. The SMILES string of the molecule is C#CCCC(NC(=O)[C@@H]1CC(C)(C)C(C)CN1C(=O)[C@@H](NC(=O)NC1(CS(=O)(=O)C(C)(C)C)CCCCC1)C(C)(C)C)C(=O)C(=O)NCC=C. The first-order chi connectivity index (χ1) is 22.9. The van der Waals surface area contributed by atoms with Crippen molar-refractivity contribution < 1.29 is 32.4 Å². The zero-order valence-electron chi connectivity index (χ0n) is 31.7. The van der Waals surface area contributed by atoms with E-state index in [9.17, 15) is 32.4 Å². The van der Waals surface area contributed by atoms with E-state index in [1.165, 1.54) is 11.0 Å². The van der Waals surface area contributed by atoms with Gasteiger partial charge in [-0.2, -0.15) is 0 Å². The molecule has 1 aliphatic carbocycles. The summed E-state index contributed by atoms with van der Waals surface area (Å²) in [5.41, 5.74) is -2.16. The van der Waals surface area contributed by atoms with E-state index in [4.69, 9.17) is 6.42 Å². The van der Waals surface area contributed by atoms with E-state index in [0.29, 0.717) is 12.8 Å². The predicted octanol–water partition coefficient (Wildman–Crippen LogP) is 3.65. The quantitative estimate of drug-likeness (QED) is 0.128. The first-order valence-electron chi connectivity index (χ1n) is 17.7. The molecule has 0 aromatic carbocycles. The topological polar surface area (TPSA) is 171 Å². The Morgan fingerprint density at radius 1 is 1.02 bits per heavy atom. The number of nitrogens with zero attached hydrogens (tertiary/aromatic N) is 1. The van der Waals surface area contributed by atoms with Crippen molar-refractivity contribution in [2.45, 2.75) is 142 Å². The van der Waals surface area contributed by atoms with E-state index in [2.05, 4.69) is 33.8 Å². The highest BCUT2D eigenvalue weighted by Crippen LogP contribution is 2.40. The summed E-state index contributed by atoms with van der Waals surface area (Å²) >= 11 is 0. The Morgan fingerprint density at radius 3 is 2.14 bits per heavy atom. The number of likely N-dealkylation sites (tertiary alicyclic amines) is 1. The average molecular weight is 720 g/mol. The van der Waals surface area contributed by atoms with Gasteiger partial charge in [-0.25, -0.2) is 13.2 Å². The van der Waals surface area contributed by atoms with Gasteiger partial charge in [0.25, 0.3) is 5.91 Å². The van der Waals surface area contributed by atoms with Gasteiger partial charge >= 0.3 is 6.03 Å². The van der Waals surface area contributed by atoms with Gasteiger partial charge in [0.2, 0.25) is 17.6 Å². The van der Waals surface area contributed by atoms with Crippen molar-refractivity contribution >= 4 is 39.4 Å². The van der Waals surface area contributed by atoms with E-state index in [-0.39, 0.29) is 49.4 Å². The minimum atomic E-state index is -3.58. The number of nitrogens with one attached hydrogen (secondary N) is 4. The van der Waals surface area contributed by atoms with Crippen molar-refractivity contribution in [2.75, 3.05) is 18.8 Å². The Kier molecular flexibility index (Phi) is 14.3. The number of hydrogen-bond acceptors (Lipinski definition) is 7. The van der Waals surface area contributed by atoms with Gasteiger partial charge in [0.05, 0.1) is 22.1 Å². The summed E-state index contributed by atoms with van der Waals surface area (Å²) < 4.78 is 25.6. The minimum Gasteiger partial charge on any atom is -0.346 e. The summed E-state index contributed by atoms with van der Waals surface area (Å²) in [6, 6.07) is -3.96. The molecule has 13 heteroatoms. The number of piperidine rings is 1. The van der Waals surface area contributed by atoms with E-state index in [0.717, 1.165) is 19.3 Å². The van der Waals surface area contributed by atoms with Gasteiger partial charge < -0.3 is 26.2 Å². The molecule has 282 valence electrons. The Balaban J connectivity index is 2.43. The van der Waals surface area contributed by atoms with Gasteiger partial charge in [0, 0.05) is 19.5 Å². The molecule has 1 heterocycles. The molecule has 5 amide bonds. The molecule has 0 aromatic rings. The fourth-order valence-corrected chi connectivity index (χ4v) is 7.99. The van der Waals surface area contributed by atoms with Crippen molar-refractivity contribution in [3.8, 4) is 12.3 Å². The highest BCUT2D eigenvalue weighted by molar-refractivity contribution is 7.92. The van der Waals surface area contributed by atoms with E-state index in [1.54, 1.807) is 41.5 Å². The fraction of sp³-hybridized carbons (Fsp3) is 0.757. The zero-order valence-corrected chi connectivity index (χ0v) is 32.5. The summed E-state index contributed by atoms with van der Waals surface area (Å²) in [6.45, 7) is 20.2. The predicted molar refractivity (Wildman–Crippen MR) is 196 cm³/mol. The second kappa shape index (κ2) is 16.7. The second-order valence-electron chi connectivity index (χ2n) is 16.9. The van der Waals surface area contributed by atoms with Crippen molar-refractivity contribution in [3.63, 3.8) is 0 Å². The molecule has 1 saturated carbocycles. The Morgan fingerprint density at radius 2 is 1.62 bits per heavy atom. The van der Waals surface area contributed by atoms with Crippen LogP contribution in [0.2, 0.25) is 0 Å². The molecule has 2 rings (SSSR count). The maximum absolute atomic E-state index is 14.5. The molecule has 0 radical (unpaired) electrons. The molecule has 2 fully saturated rings. The molecule has 1 saturated heterocycles. The molecule has 0 aromatic heterocycles. The lowest BCUT2D eigenvalue weighted by Gasteiger charge is -2.49. The van der Waals surface area contributed by atoms with E-state index in [1.807, 2.05) is 20.8 Å². The van der Waals surface area contributed by atoms with Crippen molar-refractivity contribution in [2.24, 2.45) is 16.7 Å². The van der Waals surface area contributed by atoms with Gasteiger partial charge in [-0.3, -0.25) is 19.2 Å². The second-order valence-corrected chi connectivity index (χ2v) is 19.6. The summed E-state index contributed by atoms with van der Waals surface area (Å²) in [7, 11) is -3.58. The Labute approximate surface area is 300 Å². The molecule has 4 atom stereocenters. The number of urea groups is 1. The van der Waals surface area contributed by atoms with Crippen LogP contribution in [0.5, 0.6) is 0 Å². The van der Waals surface area contributed by atoms with Gasteiger partial charge in [0.15, 0.2) is 9.84 Å². The molecule has 12 nitrogen and oxygen atoms in total. The van der Waals surface area contributed by atoms with Crippen LogP contribution in [0.4, 0.5) is 4.79 Å². The van der Waals surface area contributed by atoms with Gasteiger partial charge in [-0.15, -0.1) is 18.9 Å². The number of terminal acetylenes is 1. The highest BCUT2D eigenvalue weighted by Gasteiger charge is 2.48. The van der Waals surface area contributed by atoms with Gasteiger partial charge in [-0.05, 0) is 63.2 Å². The molecule has 0 spiro atoms. The van der Waals surface area contributed by atoms with Gasteiger partial charge in [0.1, 0.15) is 12.1 Å². The average Bonchev–Trinajstić information content (AvgIpc) is 2.99. The van der Waals surface area contributed by atoms with Crippen LogP contribution in [0.25, 0.3) is 0 Å². The molecular formula is C37H61N5O7S. The molecule has 1 aliphatic heterocycles. The van der Waals surface area contributed by atoms with Crippen molar-refractivity contribution in [3.05, 3.63) is 12.7 Å². The number of carbonyl (C=O) groups is 5. The van der Waals surface area contributed by atoms with Gasteiger partial charge in [-0.1, -0.05) is 66.9 Å². The van der Waals surface area contributed by atoms with Crippen LogP contribution in [-0.4, -0.2) is 90.1 Å². The van der Waals surface area contributed by atoms with Crippen LogP contribution >= 0.6 is 0 Å². The zero-order chi connectivity index (χ0) is 38.3. The monoisotopic (exact) mass is 719 g/mol. The normalized spacial score (nSPS) is 21.8.